The molecule has 1 fully saturated rings. The Morgan fingerprint density at radius 2 is 1.77 bits per heavy atom. The number of allylic oxidation sites excluding steroid dienone is 3. The number of halogens is 1. The van der Waals surface area contributed by atoms with Crippen molar-refractivity contribution in [3.05, 3.63) is 70.4 Å². The van der Waals surface area contributed by atoms with Crippen LogP contribution in [0.15, 0.2) is 59.7 Å². The molecule has 0 bridgehead atoms. The summed E-state index contributed by atoms with van der Waals surface area (Å²) in [4.78, 5) is 2.25. The molecule has 166 valence electrons. The number of rotatable bonds is 5. The molecule has 0 radical (unpaired) electrons. The maximum absolute atomic E-state index is 13.2. The van der Waals surface area contributed by atoms with Crippen LogP contribution in [0.5, 0.6) is 0 Å². The highest BCUT2D eigenvalue weighted by atomic mass is 32.1. The van der Waals surface area contributed by atoms with Gasteiger partial charge in [0.25, 0.3) is 0 Å². The summed E-state index contributed by atoms with van der Waals surface area (Å²) >= 11 is 1.66. The topological polar surface area (TPSA) is 90.2 Å². The van der Waals surface area contributed by atoms with E-state index in [0.717, 1.165) is 22.4 Å². The first kappa shape index (κ1) is 22.3. The van der Waals surface area contributed by atoms with Crippen molar-refractivity contribution in [2.45, 2.75) is 50.3 Å². The first-order valence-electron chi connectivity index (χ1n) is 10.4. The smallest absolute Gasteiger partial charge is 0.123 e. The Balaban J connectivity index is 1.48. The van der Waals surface area contributed by atoms with Crippen LogP contribution in [0.3, 0.4) is 0 Å². The number of benzene rings is 1. The number of hydrogen-bond donors (Lipinski definition) is 4. The normalized spacial score (nSPS) is 31.3. The van der Waals surface area contributed by atoms with Gasteiger partial charge in [0, 0.05) is 22.1 Å². The van der Waals surface area contributed by atoms with Crippen molar-refractivity contribution in [1.29, 1.82) is 0 Å². The van der Waals surface area contributed by atoms with Gasteiger partial charge in [-0.05, 0) is 43.2 Å². The molecule has 0 amide bonds. The maximum Gasteiger partial charge on any atom is 0.123 e. The first-order chi connectivity index (χ1) is 14.9. The van der Waals surface area contributed by atoms with Crippen molar-refractivity contribution in [2.75, 3.05) is 6.61 Å². The second-order valence-electron chi connectivity index (χ2n) is 8.26. The van der Waals surface area contributed by atoms with Crippen LogP contribution < -0.4 is 0 Å². The van der Waals surface area contributed by atoms with E-state index in [1.54, 1.807) is 23.5 Å². The lowest BCUT2D eigenvalue weighted by Crippen LogP contribution is -2.60. The SMILES string of the molecule is CC1=C(Cc2ccc(-c3ccc(F)cc3)s2)C[C@@H](C2OC(CO)[C@@H](O)[C@H](O)[C@H]2O)C=C1. The van der Waals surface area contributed by atoms with Gasteiger partial charge in [-0.1, -0.05) is 35.4 Å². The zero-order valence-electron chi connectivity index (χ0n) is 17.2. The van der Waals surface area contributed by atoms with Crippen molar-refractivity contribution in [1.82, 2.24) is 0 Å². The standard InChI is InChI=1S/C24H27FO5S/c1-13-2-3-15(24-23(29)22(28)21(27)19(12-26)30-24)10-16(13)11-18-8-9-20(31-18)14-4-6-17(25)7-5-14/h2-9,15,19,21-24,26-29H,10-12H2,1H3/t15-,19?,21+,22-,23+,24?/m0/s1. The molecular formula is C24H27FO5S. The van der Waals surface area contributed by atoms with E-state index in [-0.39, 0.29) is 11.7 Å². The van der Waals surface area contributed by atoms with E-state index in [1.807, 2.05) is 25.1 Å². The molecule has 1 aromatic heterocycles. The highest BCUT2D eigenvalue weighted by molar-refractivity contribution is 7.15. The molecule has 1 aliphatic heterocycles. The summed E-state index contributed by atoms with van der Waals surface area (Å²) in [5.74, 6) is -0.434. The summed E-state index contributed by atoms with van der Waals surface area (Å²) in [6.07, 6.45) is -0.213. The minimum absolute atomic E-state index is 0.179. The fourth-order valence-corrected chi connectivity index (χ4v) is 5.33. The minimum Gasteiger partial charge on any atom is -0.394 e. The lowest BCUT2D eigenvalue weighted by atomic mass is 9.80. The summed E-state index contributed by atoms with van der Waals surface area (Å²) in [6.45, 7) is 1.62. The molecule has 0 saturated carbocycles. The molecule has 6 atom stereocenters. The molecule has 1 saturated heterocycles. The zero-order valence-corrected chi connectivity index (χ0v) is 18.0. The van der Waals surface area contributed by atoms with Crippen LogP contribution >= 0.6 is 11.3 Å². The minimum atomic E-state index is -1.37. The van der Waals surface area contributed by atoms with Gasteiger partial charge in [-0.15, -0.1) is 11.3 Å². The van der Waals surface area contributed by atoms with E-state index in [9.17, 15) is 24.8 Å². The highest BCUT2D eigenvalue weighted by Crippen LogP contribution is 2.36. The number of ether oxygens (including phenoxy) is 1. The molecule has 4 N–H and O–H groups in total. The molecule has 7 heteroatoms. The molecule has 1 aromatic carbocycles. The average molecular weight is 447 g/mol. The highest BCUT2D eigenvalue weighted by Gasteiger charge is 2.46. The Kier molecular flexibility index (Phi) is 6.71. The summed E-state index contributed by atoms with van der Waals surface area (Å²) < 4.78 is 19.0. The Hall–Kier alpha value is -1.87. The molecule has 2 unspecified atom stereocenters. The maximum atomic E-state index is 13.2. The summed E-state index contributed by atoms with van der Waals surface area (Å²) in [5, 5.41) is 40.1. The molecule has 4 rings (SSSR count). The van der Waals surface area contributed by atoms with E-state index < -0.39 is 37.1 Å². The van der Waals surface area contributed by atoms with E-state index in [1.165, 1.54) is 22.6 Å². The van der Waals surface area contributed by atoms with Gasteiger partial charge in [0.05, 0.1) is 12.7 Å². The summed E-state index contributed by atoms with van der Waals surface area (Å²) in [6, 6.07) is 10.6. The van der Waals surface area contributed by atoms with Crippen LogP contribution in [-0.4, -0.2) is 57.6 Å². The van der Waals surface area contributed by atoms with Crippen LogP contribution in [0.1, 0.15) is 18.2 Å². The number of aliphatic hydroxyl groups excluding tert-OH is 4. The van der Waals surface area contributed by atoms with Crippen molar-refractivity contribution in [2.24, 2.45) is 5.92 Å². The van der Waals surface area contributed by atoms with Crippen LogP contribution in [0.4, 0.5) is 4.39 Å². The summed E-state index contributed by atoms with van der Waals surface area (Å²) in [7, 11) is 0. The average Bonchev–Trinajstić information content (AvgIpc) is 3.23. The number of aliphatic hydroxyl groups is 4. The largest absolute Gasteiger partial charge is 0.394 e. The number of thiophene rings is 1. The monoisotopic (exact) mass is 446 g/mol. The van der Waals surface area contributed by atoms with Gasteiger partial charge in [-0.2, -0.15) is 0 Å². The van der Waals surface area contributed by atoms with Gasteiger partial charge >= 0.3 is 0 Å². The fraction of sp³-hybridized carbons (Fsp3) is 0.417. The van der Waals surface area contributed by atoms with Gasteiger partial charge in [0.2, 0.25) is 0 Å². The second kappa shape index (κ2) is 9.32. The van der Waals surface area contributed by atoms with Crippen molar-refractivity contribution >= 4 is 11.3 Å². The van der Waals surface area contributed by atoms with Gasteiger partial charge in [0.1, 0.15) is 30.2 Å². The van der Waals surface area contributed by atoms with Crippen molar-refractivity contribution < 1.29 is 29.6 Å². The Morgan fingerprint density at radius 1 is 1.03 bits per heavy atom. The quantitative estimate of drug-likeness (QED) is 0.567. The first-order valence-corrected chi connectivity index (χ1v) is 11.2. The van der Waals surface area contributed by atoms with Gasteiger partial charge in [-0.25, -0.2) is 4.39 Å². The number of hydrogen-bond acceptors (Lipinski definition) is 6. The molecule has 5 nitrogen and oxygen atoms in total. The molecule has 0 spiro atoms. The molecule has 2 heterocycles. The Morgan fingerprint density at radius 3 is 2.48 bits per heavy atom. The van der Waals surface area contributed by atoms with Gasteiger partial charge in [0.15, 0.2) is 0 Å². The Bertz CT molecular complexity index is 965. The predicted molar refractivity (Wildman–Crippen MR) is 117 cm³/mol. The predicted octanol–water partition coefficient (Wildman–Crippen LogP) is 2.83. The molecule has 2 aliphatic rings. The summed E-state index contributed by atoms with van der Waals surface area (Å²) in [5.41, 5.74) is 3.33. The van der Waals surface area contributed by atoms with Crippen molar-refractivity contribution in [3.8, 4) is 10.4 Å². The second-order valence-corrected chi connectivity index (χ2v) is 9.43. The molecule has 31 heavy (non-hydrogen) atoms. The van der Waals surface area contributed by atoms with Crippen molar-refractivity contribution in [3.63, 3.8) is 0 Å². The van der Waals surface area contributed by atoms with E-state index in [4.69, 9.17) is 4.74 Å². The van der Waals surface area contributed by atoms with E-state index >= 15 is 0 Å². The lowest BCUT2D eigenvalue weighted by Gasteiger charge is -2.43. The van der Waals surface area contributed by atoms with Crippen LogP contribution in [-0.2, 0) is 11.2 Å². The fourth-order valence-electron chi connectivity index (χ4n) is 4.27. The van der Waals surface area contributed by atoms with Gasteiger partial charge in [-0.3, -0.25) is 0 Å². The third kappa shape index (κ3) is 4.67. The van der Waals surface area contributed by atoms with E-state index in [0.29, 0.717) is 6.42 Å². The lowest BCUT2D eigenvalue weighted by molar-refractivity contribution is -0.237. The zero-order chi connectivity index (χ0) is 22.1. The van der Waals surface area contributed by atoms with Crippen LogP contribution in [0.2, 0.25) is 0 Å². The van der Waals surface area contributed by atoms with Gasteiger partial charge < -0.3 is 25.2 Å². The molecular weight excluding hydrogens is 419 g/mol. The molecule has 2 aromatic rings. The Labute approximate surface area is 184 Å². The van der Waals surface area contributed by atoms with Crippen LogP contribution in [0.25, 0.3) is 10.4 Å². The third-order valence-corrected chi connectivity index (χ3v) is 7.30. The third-order valence-electron chi connectivity index (χ3n) is 6.16. The molecule has 1 aliphatic carbocycles. The van der Waals surface area contributed by atoms with E-state index in [2.05, 4.69) is 6.07 Å². The van der Waals surface area contributed by atoms with Crippen LogP contribution in [0, 0.1) is 11.7 Å².